The van der Waals surface area contributed by atoms with Gasteiger partial charge in [0, 0.05) is 12.0 Å². The van der Waals surface area contributed by atoms with Crippen LogP contribution < -0.4 is 0 Å². The number of nitrogens with zero attached hydrogens (tertiary/aromatic N) is 1. The van der Waals surface area contributed by atoms with Crippen molar-refractivity contribution in [2.24, 2.45) is 0 Å². The van der Waals surface area contributed by atoms with Gasteiger partial charge in [-0.3, -0.25) is 0 Å². The summed E-state index contributed by atoms with van der Waals surface area (Å²) in [6.45, 7) is 3.71. The summed E-state index contributed by atoms with van der Waals surface area (Å²) in [5, 5.41) is 13.0. The molecule has 0 aliphatic carbocycles. The molecule has 100 valence electrons. The zero-order valence-corrected chi connectivity index (χ0v) is 10.7. The van der Waals surface area contributed by atoms with E-state index in [2.05, 4.69) is 5.16 Å². The zero-order chi connectivity index (χ0) is 14.0. The summed E-state index contributed by atoms with van der Waals surface area (Å²) in [5.74, 6) is -1.38. The largest absolute Gasteiger partial charge is 0.477 e. The molecule has 2 aromatic rings. The van der Waals surface area contributed by atoms with E-state index in [0.717, 1.165) is 12.0 Å². The van der Waals surface area contributed by atoms with Gasteiger partial charge in [0.1, 0.15) is 17.1 Å². The molecule has 4 nitrogen and oxygen atoms in total. The second-order valence-electron chi connectivity index (χ2n) is 4.37. The monoisotopic (exact) mass is 263 g/mol. The van der Waals surface area contributed by atoms with Gasteiger partial charge in [-0.25, -0.2) is 9.18 Å². The molecule has 2 rings (SSSR count). The summed E-state index contributed by atoms with van der Waals surface area (Å²) in [4.78, 5) is 11.3. The Morgan fingerprint density at radius 2 is 2.21 bits per heavy atom. The number of aromatic carboxylic acids is 1. The highest BCUT2D eigenvalue weighted by Gasteiger charge is 2.24. The fraction of sp³-hybridized carbons (Fsp3) is 0.286. The Hall–Kier alpha value is -2.17. The second-order valence-corrected chi connectivity index (χ2v) is 4.37. The molecule has 0 saturated carbocycles. The Bertz CT molecular complexity index is 619. The number of aromatic nitrogens is 1. The lowest BCUT2D eigenvalue weighted by Crippen LogP contribution is -2.02. The van der Waals surface area contributed by atoms with Crippen LogP contribution in [0.25, 0.3) is 11.3 Å². The van der Waals surface area contributed by atoms with Crippen molar-refractivity contribution in [3.63, 3.8) is 0 Å². The van der Waals surface area contributed by atoms with Crippen LogP contribution in [0.3, 0.4) is 0 Å². The van der Waals surface area contributed by atoms with E-state index >= 15 is 0 Å². The van der Waals surface area contributed by atoms with E-state index in [1.165, 1.54) is 6.07 Å². The number of hydrogen-bond donors (Lipinski definition) is 1. The van der Waals surface area contributed by atoms with Gasteiger partial charge < -0.3 is 9.63 Å². The minimum atomic E-state index is -1.15. The Morgan fingerprint density at radius 3 is 2.84 bits per heavy atom. The lowest BCUT2D eigenvalue weighted by molar-refractivity contribution is 0.0695. The maximum Gasteiger partial charge on any atom is 0.341 e. The standard InChI is InChI=1S/C14H14FNO3/c1-3-4-11-12(14(17)18)13(16-19-11)9-7-8(2)5-6-10(9)15/h5-7H,3-4H2,1-2H3,(H,17,18). The van der Waals surface area contributed by atoms with E-state index < -0.39 is 11.8 Å². The summed E-state index contributed by atoms with van der Waals surface area (Å²) in [5.41, 5.74) is 0.986. The molecule has 1 heterocycles. The number of rotatable bonds is 4. The quantitative estimate of drug-likeness (QED) is 0.917. The smallest absolute Gasteiger partial charge is 0.341 e. The number of hydrogen-bond acceptors (Lipinski definition) is 3. The molecule has 1 aromatic carbocycles. The lowest BCUT2D eigenvalue weighted by Gasteiger charge is -2.02. The van der Waals surface area contributed by atoms with Crippen molar-refractivity contribution in [3.8, 4) is 11.3 Å². The Morgan fingerprint density at radius 1 is 1.47 bits per heavy atom. The van der Waals surface area contributed by atoms with Crippen molar-refractivity contribution in [2.75, 3.05) is 0 Å². The normalized spacial score (nSPS) is 10.7. The van der Waals surface area contributed by atoms with E-state index in [-0.39, 0.29) is 22.6 Å². The van der Waals surface area contributed by atoms with Crippen molar-refractivity contribution < 1.29 is 18.8 Å². The highest BCUT2D eigenvalue weighted by atomic mass is 19.1. The third-order valence-electron chi connectivity index (χ3n) is 2.83. The highest BCUT2D eigenvalue weighted by molar-refractivity contribution is 5.95. The molecule has 0 radical (unpaired) electrons. The summed E-state index contributed by atoms with van der Waals surface area (Å²) < 4.78 is 18.9. The third-order valence-corrected chi connectivity index (χ3v) is 2.83. The molecular weight excluding hydrogens is 249 g/mol. The van der Waals surface area contributed by atoms with Gasteiger partial charge in [-0.1, -0.05) is 23.7 Å². The zero-order valence-electron chi connectivity index (χ0n) is 10.7. The van der Waals surface area contributed by atoms with Crippen molar-refractivity contribution in [3.05, 3.63) is 40.9 Å². The third kappa shape index (κ3) is 2.50. The van der Waals surface area contributed by atoms with Crippen LogP contribution in [-0.2, 0) is 6.42 Å². The van der Waals surface area contributed by atoms with Crippen molar-refractivity contribution >= 4 is 5.97 Å². The molecule has 0 amide bonds. The van der Waals surface area contributed by atoms with Crippen LogP contribution in [0.2, 0.25) is 0 Å². The lowest BCUT2D eigenvalue weighted by atomic mass is 10.0. The van der Waals surface area contributed by atoms with Crippen LogP contribution in [0.1, 0.15) is 35.0 Å². The number of benzene rings is 1. The van der Waals surface area contributed by atoms with Gasteiger partial charge in [0.2, 0.25) is 0 Å². The molecule has 1 aromatic heterocycles. The van der Waals surface area contributed by atoms with E-state index in [0.29, 0.717) is 6.42 Å². The fourth-order valence-corrected chi connectivity index (χ4v) is 1.95. The highest BCUT2D eigenvalue weighted by Crippen LogP contribution is 2.29. The van der Waals surface area contributed by atoms with Crippen LogP contribution in [0.5, 0.6) is 0 Å². The molecule has 1 N–H and O–H groups in total. The number of carboxylic acids is 1. The number of carbonyl (C=O) groups is 1. The molecule has 0 aliphatic rings. The van der Waals surface area contributed by atoms with Crippen LogP contribution in [-0.4, -0.2) is 16.2 Å². The van der Waals surface area contributed by atoms with Crippen LogP contribution in [0.4, 0.5) is 4.39 Å². The molecule has 0 aliphatic heterocycles. The Labute approximate surface area is 109 Å². The maximum absolute atomic E-state index is 13.8. The number of aryl methyl sites for hydroxylation is 2. The summed E-state index contributed by atoms with van der Waals surface area (Å²) in [6.07, 6.45) is 1.19. The molecule has 0 fully saturated rings. The number of carboxylic acid groups (broad SMARTS) is 1. The molecule has 0 spiro atoms. The molecule has 0 unspecified atom stereocenters. The van der Waals surface area contributed by atoms with Crippen LogP contribution >= 0.6 is 0 Å². The summed E-state index contributed by atoms with van der Waals surface area (Å²) in [7, 11) is 0. The maximum atomic E-state index is 13.8. The average Bonchev–Trinajstić information content (AvgIpc) is 2.76. The molecule has 0 atom stereocenters. The van der Waals surface area contributed by atoms with Crippen LogP contribution in [0.15, 0.2) is 22.7 Å². The van der Waals surface area contributed by atoms with E-state index in [4.69, 9.17) is 4.52 Å². The molecule has 0 bridgehead atoms. The van der Waals surface area contributed by atoms with Gasteiger partial charge in [0.05, 0.1) is 0 Å². The average molecular weight is 263 g/mol. The summed E-state index contributed by atoms with van der Waals surface area (Å²) >= 11 is 0. The first-order valence-corrected chi connectivity index (χ1v) is 6.03. The SMILES string of the molecule is CCCc1onc(-c2cc(C)ccc2F)c1C(=O)O. The minimum Gasteiger partial charge on any atom is -0.477 e. The molecular formula is C14H14FNO3. The molecule has 19 heavy (non-hydrogen) atoms. The van der Waals surface area contributed by atoms with Gasteiger partial charge in [0.25, 0.3) is 0 Å². The van der Waals surface area contributed by atoms with Gasteiger partial charge in [-0.05, 0) is 25.5 Å². The fourth-order valence-electron chi connectivity index (χ4n) is 1.95. The number of halogens is 1. The first-order valence-electron chi connectivity index (χ1n) is 6.03. The first-order chi connectivity index (χ1) is 9.04. The van der Waals surface area contributed by atoms with E-state index in [1.54, 1.807) is 19.1 Å². The second kappa shape index (κ2) is 5.22. The van der Waals surface area contributed by atoms with E-state index in [1.807, 2.05) is 6.92 Å². The van der Waals surface area contributed by atoms with E-state index in [9.17, 15) is 14.3 Å². The van der Waals surface area contributed by atoms with Gasteiger partial charge >= 0.3 is 5.97 Å². The van der Waals surface area contributed by atoms with Gasteiger partial charge in [0.15, 0.2) is 5.76 Å². The summed E-state index contributed by atoms with van der Waals surface area (Å²) in [6, 6.07) is 4.48. The first kappa shape index (κ1) is 13.3. The topological polar surface area (TPSA) is 63.3 Å². The van der Waals surface area contributed by atoms with Crippen molar-refractivity contribution in [1.82, 2.24) is 5.16 Å². The molecule has 0 saturated heterocycles. The van der Waals surface area contributed by atoms with Crippen LogP contribution in [0, 0.1) is 12.7 Å². The predicted octanol–water partition coefficient (Wildman–Crippen LogP) is 3.44. The molecule has 5 heteroatoms. The Kier molecular flexibility index (Phi) is 3.64. The predicted molar refractivity (Wildman–Crippen MR) is 67.6 cm³/mol. The van der Waals surface area contributed by atoms with Gasteiger partial charge in [-0.15, -0.1) is 0 Å². The van der Waals surface area contributed by atoms with Crippen molar-refractivity contribution in [2.45, 2.75) is 26.7 Å². The minimum absolute atomic E-state index is 0.0497. The Balaban J connectivity index is 2.62. The van der Waals surface area contributed by atoms with Gasteiger partial charge in [-0.2, -0.15) is 0 Å². The van der Waals surface area contributed by atoms with Crippen molar-refractivity contribution in [1.29, 1.82) is 0 Å².